The Morgan fingerprint density at radius 3 is 2.81 bits per heavy atom. The van der Waals surface area contributed by atoms with Crippen molar-refractivity contribution in [2.75, 3.05) is 23.9 Å². The predicted octanol–water partition coefficient (Wildman–Crippen LogP) is 4.55. The lowest BCUT2D eigenvalue weighted by Gasteiger charge is -2.13. The smallest absolute Gasteiger partial charge is 0.160 e. The number of aliphatic imine (C=N–C) groups is 1. The van der Waals surface area contributed by atoms with Gasteiger partial charge >= 0.3 is 0 Å². The van der Waals surface area contributed by atoms with E-state index < -0.39 is 18.3 Å². The summed E-state index contributed by atoms with van der Waals surface area (Å²) < 4.78 is 41.9. The quantitative estimate of drug-likeness (QED) is 0.630. The second-order valence-corrected chi connectivity index (χ2v) is 6.16. The van der Waals surface area contributed by atoms with Crippen LogP contribution in [0.4, 0.5) is 30.2 Å². The van der Waals surface area contributed by atoms with Gasteiger partial charge in [-0.15, -0.1) is 0 Å². The summed E-state index contributed by atoms with van der Waals surface area (Å²) >= 11 is 0. The van der Waals surface area contributed by atoms with Crippen LogP contribution in [-0.4, -0.2) is 29.3 Å². The molecule has 0 aliphatic carbocycles. The Morgan fingerprint density at radius 1 is 1.15 bits per heavy atom. The van der Waals surface area contributed by atoms with Crippen LogP contribution in [0.5, 0.6) is 0 Å². The Balaban J connectivity index is 1.89. The maximum atomic E-state index is 14.9. The van der Waals surface area contributed by atoms with Crippen molar-refractivity contribution < 1.29 is 13.2 Å². The van der Waals surface area contributed by atoms with E-state index in [9.17, 15) is 13.2 Å². The lowest BCUT2D eigenvalue weighted by atomic mass is 10.1. The maximum Gasteiger partial charge on any atom is 0.160 e. The highest BCUT2D eigenvalue weighted by Crippen LogP contribution is 2.38. The van der Waals surface area contributed by atoms with Gasteiger partial charge in [0.15, 0.2) is 5.82 Å². The fourth-order valence-electron chi connectivity index (χ4n) is 3.02. The van der Waals surface area contributed by atoms with Crippen LogP contribution >= 0.6 is 0 Å². The minimum Gasteiger partial charge on any atom is -0.380 e. The molecule has 1 aromatic heterocycles. The molecule has 2 heterocycles. The summed E-state index contributed by atoms with van der Waals surface area (Å²) in [6.45, 7) is 1.20. The number of aromatic amines is 1. The van der Waals surface area contributed by atoms with Crippen LogP contribution < -0.4 is 10.6 Å². The molecule has 0 bridgehead atoms. The number of halogens is 3. The van der Waals surface area contributed by atoms with Crippen LogP contribution in [0.25, 0.3) is 11.3 Å². The molecule has 0 radical (unpaired) electrons. The van der Waals surface area contributed by atoms with Crippen LogP contribution in [0.2, 0.25) is 0 Å². The number of hydrogen-bond donors (Lipinski definition) is 3. The van der Waals surface area contributed by atoms with Crippen LogP contribution in [-0.2, 0) is 0 Å². The third kappa shape index (κ3) is 3.03. The summed E-state index contributed by atoms with van der Waals surface area (Å²) in [7, 11) is 0. The number of rotatable bonds is 4. The third-order valence-electron chi connectivity index (χ3n) is 4.28. The van der Waals surface area contributed by atoms with Crippen LogP contribution in [0.3, 0.4) is 0 Å². The van der Waals surface area contributed by atoms with E-state index in [1.807, 2.05) is 19.1 Å². The van der Waals surface area contributed by atoms with Gasteiger partial charge in [-0.2, -0.15) is 5.10 Å². The first-order valence-corrected chi connectivity index (χ1v) is 8.37. The summed E-state index contributed by atoms with van der Waals surface area (Å²) in [6.07, 6.45) is 1.53. The molecule has 1 aliphatic rings. The SMILES string of the molecule is Cc1ccc2c(c1)-c1[nH]ncc1NC(c1c(F)ccc(NCCF)c1F)=N2. The van der Waals surface area contributed by atoms with Gasteiger partial charge in [-0.1, -0.05) is 11.6 Å². The normalized spacial score (nSPS) is 12.5. The Bertz CT molecular complexity index is 1040. The molecule has 3 N–H and O–H groups in total. The summed E-state index contributed by atoms with van der Waals surface area (Å²) in [5, 5.41) is 12.5. The lowest BCUT2D eigenvalue weighted by molar-refractivity contribution is 0.511. The van der Waals surface area contributed by atoms with Crippen molar-refractivity contribution in [2.24, 2.45) is 4.99 Å². The Labute approximate surface area is 153 Å². The minimum atomic E-state index is -0.838. The number of nitrogens with zero attached hydrogens (tertiary/aromatic N) is 2. The molecule has 3 aromatic rings. The average molecular weight is 371 g/mol. The van der Waals surface area contributed by atoms with Gasteiger partial charge in [-0.25, -0.2) is 18.2 Å². The number of benzene rings is 2. The monoisotopic (exact) mass is 371 g/mol. The fraction of sp³-hybridized carbons (Fsp3) is 0.158. The molecule has 8 heteroatoms. The van der Waals surface area contributed by atoms with E-state index in [2.05, 4.69) is 25.8 Å². The molecule has 0 fully saturated rings. The molecular formula is C19H16F3N5. The third-order valence-corrected chi connectivity index (χ3v) is 4.28. The van der Waals surface area contributed by atoms with Gasteiger partial charge in [-0.05, 0) is 31.2 Å². The Morgan fingerprint density at radius 2 is 2.00 bits per heavy atom. The Kier molecular flexibility index (Phi) is 4.31. The van der Waals surface area contributed by atoms with Crippen molar-refractivity contribution in [1.29, 1.82) is 0 Å². The largest absolute Gasteiger partial charge is 0.380 e. The van der Waals surface area contributed by atoms with Crippen molar-refractivity contribution in [3.05, 3.63) is 59.3 Å². The maximum absolute atomic E-state index is 14.9. The van der Waals surface area contributed by atoms with Gasteiger partial charge in [-0.3, -0.25) is 5.10 Å². The molecule has 0 unspecified atom stereocenters. The van der Waals surface area contributed by atoms with Crippen molar-refractivity contribution in [3.63, 3.8) is 0 Å². The highest BCUT2D eigenvalue weighted by molar-refractivity contribution is 6.13. The molecule has 2 aromatic carbocycles. The van der Waals surface area contributed by atoms with E-state index in [0.717, 1.165) is 17.2 Å². The number of fused-ring (bicyclic) bond motifs is 3. The minimum absolute atomic E-state index is 0.00865. The predicted molar refractivity (Wildman–Crippen MR) is 99.4 cm³/mol. The van der Waals surface area contributed by atoms with Crippen molar-refractivity contribution >= 4 is 22.9 Å². The number of aryl methyl sites for hydroxylation is 1. The molecular weight excluding hydrogens is 355 g/mol. The first kappa shape index (κ1) is 17.1. The van der Waals surface area contributed by atoms with E-state index in [-0.39, 0.29) is 23.6 Å². The van der Waals surface area contributed by atoms with Gasteiger partial charge in [0.1, 0.15) is 18.3 Å². The molecule has 1 aliphatic heterocycles. The zero-order valence-corrected chi connectivity index (χ0v) is 14.4. The molecule has 0 atom stereocenters. The van der Waals surface area contributed by atoms with E-state index >= 15 is 0 Å². The fourth-order valence-corrected chi connectivity index (χ4v) is 3.02. The first-order chi connectivity index (χ1) is 13.1. The zero-order valence-electron chi connectivity index (χ0n) is 14.4. The molecule has 0 spiro atoms. The van der Waals surface area contributed by atoms with E-state index in [1.165, 1.54) is 12.3 Å². The van der Waals surface area contributed by atoms with E-state index in [1.54, 1.807) is 6.07 Å². The van der Waals surface area contributed by atoms with Gasteiger partial charge in [0.05, 0.1) is 34.5 Å². The summed E-state index contributed by atoms with van der Waals surface area (Å²) in [5.41, 5.74) is 3.26. The topological polar surface area (TPSA) is 65.1 Å². The molecule has 0 saturated carbocycles. The second kappa shape index (κ2) is 6.79. The number of nitrogens with one attached hydrogen (secondary N) is 3. The molecule has 138 valence electrons. The number of anilines is 2. The number of aromatic nitrogens is 2. The summed E-state index contributed by atoms with van der Waals surface area (Å²) in [6, 6.07) is 7.94. The van der Waals surface area contributed by atoms with Gasteiger partial charge in [0.25, 0.3) is 0 Å². The molecule has 0 amide bonds. The average Bonchev–Trinajstić information content (AvgIpc) is 3.05. The second-order valence-electron chi connectivity index (χ2n) is 6.16. The number of hydrogen-bond acceptors (Lipinski definition) is 4. The van der Waals surface area contributed by atoms with Gasteiger partial charge in [0.2, 0.25) is 0 Å². The summed E-state index contributed by atoms with van der Waals surface area (Å²) in [5.74, 6) is -1.60. The molecule has 4 rings (SSSR count). The van der Waals surface area contributed by atoms with Gasteiger partial charge < -0.3 is 10.6 Å². The molecule has 27 heavy (non-hydrogen) atoms. The standard InChI is InChI=1S/C19H16F3N5/c1-10-2-4-13-11(8-10)18-15(9-24-27-18)26-19(25-13)16-12(21)3-5-14(17(16)22)23-7-6-20/h2-5,8-9,23H,6-7H2,1H3,(H,24,27)(H,25,26). The first-order valence-electron chi connectivity index (χ1n) is 8.37. The van der Waals surface area contributed by atoms with Crippen LogP contribution in [0.1, 0.15) is 11.1 Å². The molecule has 5 nitrogen and oxygen atoms in total. The number of H-pyrrole nitrogens is 1. The lowest BCUT2D eigenvalue weighted by Crippen LogP contribution is -2.18. The summed E-state index contributed by atoms with van der Waals surface area (Å²) in [4.78, 5) is 4.46. The zero-order chi connectivity index (χ0) is 19.0. The number of alkyl halides is 1. The van der Waals surface area contributed by atoms with Crippen LogP contribution in [0, 0.1) is 18.6 Å². The highest BCUT2D eigenvalue weighted by Gasteiger charge is 2.24. The van der Waals surface area contributed by atoms with Crippen LogP contribution in [0.15, 0.2) is 41.5 Å². The van der Waals surface area contributed by atoms with E-state index in [0.29, 0.717) is 17.1 Å². The highest BCUT2D eigenvalue weighted by atomic mass is 19.1. The molecule has 0 saturated heterocycles. The van der Waals surface area contributed by atoms with Gasteiger partial charge in [0, 0.05) is 12.1 Å². The van der Waals surface area contributed by atoms with Crippen molar-refractivity contribution in [1.82, 2.24) is 10.2 Å². The van der Waals surface area contributed by atoms with Crippen molar-refractivity contribution in [2.45, 2.75) is 6.92 Å². The Hall–Kier alpha value is -3.29. The van der Waals surface area contributed by atoms with Crippen molar-refractivity contribution in [3.8, 4) is 11.3 Å². The van der Waals surface area contributed by atoms with E-state index in [4.69, 9.17) is 0 Å². The number of amidine groups is 1.